The molecule has 0 spiro atoms. The van der Waals surface area contributed by atoms with Crippen molar-refractivity contribution in [3.8, 4) is 5.69 Å². The quantitative estimate of drug-likeness (QED) is 0.703. The third-order valence-electron chi connectivity index (χ3n) is 3.30. The molecule has 120 valence electrons. The van der Waals surface area contributed by atoms with Crippen molar-refractivity contribution in [2.45, 2.75) is 11.9 Å². The van der Waals surface area contributed by atoms with Crippen LogP contribution in [0.4, 0.5) is 18.9 Å². The summed E-state index contributed by atoms with van der Waals surface area (Å²) >= 11 is -0.801. The molecule has 1 aromatic carbocycles. The van der Waals surface area contributed by atoms with Crippen molar-refractivity contribution in [1.82, 2.24) is 19.5 Å². The Morgan fingerprint density at radius 2 is 2.00 bits per heavy atom. The predicted octanol–water partition coefficient (Wildman–Crippen LogP) is 1.99. The molecular weight excluding hydrogens is 370 g/mol. The Kier molecular flexibility index (Phi) is 4.02. The fourth-order valence-electron chi connectivity index (χ4n) is 2.20. The van der Waals surface area contributed by atoms with Gasteiger partial charge in [-0.1, -0.05) is 0 Å². The molecule has 0 fully saturated rings. The third kappa shape index (κ3) is 2.91. The van der Waals surface area contributed by atoms with E-state index in [9.17, 15) is 13.2 Å². The third-order valence-corrected chi connectivity index (χ3v) is 5.02. The number of hydrogen-bond donors (Lipinski definition) is 1. The zero-order valence-corrected chi connectivity index (χ0v) is 14.4. The first kappa shape index (κ1) is 15.8. The van der Waals surface area contributed by atoms with Gasteiger partial charge < -0.3 is 0 Å². The number of nitrogens with zero attached hydrogens (tertiary/aromatic N) is 4. The topological polar surface area (TPSA) is 55.6 Å². The molecule has 9 heteroatoms. The summed E-state index contributed by atoms with van der Waals surface area (Å²) in [4.78, 5) is 11.6. The fraction of sp³-hybridized carbons (Fsp3) is 0.214. The second-order valence-electron chi connectivity index (χ2n) is 4.73. The van der Waals surface area contributed by atoms with Crippen molar-refractivity contribution in [2.75, 3.05) is 12.4 Å². The van der Waals surface area contributed by atoms with Crippen LogP contribution in [0, 0.1) is 0 Å². The van der Waals surface area contributed by atoms with Gasteiger partial charge in [0, 0.05) is 0 Å². The van der Waals surface area contributed by atoms with Crippen LogP contribution in [0.2, 0.25) is 5.71 Å². The van der Waals surface area contributed by atoms with E-state index in [0.717, 1.165) is 5.69 Å². The second kappa shape index (κ2) is 5.85. The molecule has 0 aliphatic heterocycles. The van der Waals surface area contributed by atoms with E-state index in [1.165, 1.54) is 6.33 Å². The summed E-state index contributed by atoms with van der Waals surface area (Å²) in [5, 5.41) is 3.00. The first-order valence-corrected chi connectivity index (χ1v) is 9.87. The van der Waals surface area contributed by atoms with Crippen LogP contribution in [0.1, 0.15) is 5.82 Å². The van der Waals surface area contributed by atoms with E-state index in [1.54, 1.807) is 17.7 Å². The summed E-state index contributed by atoms with van der Waals surface area (Å²) in [5.41, 5.74) is 4.02. The molecular formula is C14H13AsF3N5. The minimum absolute atomic E-state index is 0.182. The predicted molar refractivity (Wildman–Crippen MR) is 83.9 cm³/mol. The molecule has 0 aliphatic carbocycles. The Balaban J connectivity index is 2.26. The summed E-state index contributed by atoms with van der Waals surface area (Å²) in [6, 6.07) is 7.29. The van der Waals surface area contributed by atoms with Gasteiger partial charge in [-0.05, 0) is 0 Å². The average Bonchev–Trinajstić information content (AvgIpc) is 2.97. The van der Waals surface area contributed by atoms with Gasteiger partial charge in [0.1, 0.15) is 0 Å². The molecule has 0 saturated carbocycles. The molecule has 1 atom stereocenters. The van der Waals surface area contributed by atoms with Gasteiger partial charge in [-0.2, -0.15) is 0 Å². The Morgan fingerprint density at radius 1 is 1.22 bits per heavy atom. The number of benzene rings is 1. The van der Waals surface area contributed by atoms with Gasteiger partial charge in [0.05, 0.1) is 0 Å². The van der Waals surface area contributed by atoms with Gasteiger partial charge in [-0.3, -0.25) is 0 Å². The minimum atomic E-state index is -4.58. The zero-order valence-electron chi connectivity index (χ0n) is 12.3. The van der Waals surface area contributed by atoms with Crippen LogP contribution in [0.15, 0.2) is 30.6 Å². The van der Waals surface area contributed by atoms with Crippen LogP contribution in [0.25, 0.3) is 16.9 Å². The molecule has 0 saturated heterocycles. The molecule has 1 N–H and O–H groups in total. The normalized spacial score (nSPS) is 12.4. The van der Waals surface area contributed by atoms with Gasteiger partial charge >= 0.3 is 136 Å². The van der Waals surface area contributed by atoms with E-state index in [0.29, 0.717) is 15.7 Å². The number of nitrogens with one attached hydrogen (secondary N) is 1. The first-order valence-electron chi connectivity index (χ1n) is 6.72. The number of aromatic nitrogens is 4. The summed E-state index contributed by atoms with van der Waals surface area (Å²) in [6.07, 6.45) is -3.09. The zero-order chi connectivity index (χ0) is 16.6. The van der Waals surface area contributed by atoms with Crippen molar-refractivity contribution < 1.29 is 13.2 Å². The Bertz CT molecular complexity index is 859. The van der Waals surface area contributed by atoms with Crippen LogP contribution < -0.4 is 9.80 Å². The number of fused-ring (bicyclic) bond motifs is 1. The molecule has 3 rings (SSSR count). The van der Waals surface area contributed by atoms with Crippen LogP contribution in [0.3, 0.4) is 0 Å². The molecule has 2 heterocycles. The molecule has 0 bridgehead atoms. The number of hydrogen-bond acceptors (Lipinski definition) is 4. The van der Waals surface area contributed by atoms with Crippen LogP contribution in [0.5, 0.6) is 0 Å². The summed E-state index contributed by atoms with van der Waals surface area (Å²) in [7, 11) is 1.77. The van der Waals surface area contributed by atoms with Crippen molar-refractivity contribution in [3.05, 3.63) is 36.4 Å². The van der Waals surface area contributed by atoms with E-state index >= 15 is 0 Å². The maximum absolute atomic E-state index is 13.0. The summed E-state index contributed by atoms with van der Waals surface area (Å²) in [6.45, 7) is 0. The molecule has 23 heavy (non-hydrogen) atoms. The molecule has 0 amide bonds. The van der Waals surface area contributed by atoms with Crippen LogP contribution in [-0.2, 0) is 6.18 Å². The van der Waals surface area contributed by atoms with E-state index in [1.807, 2.05) is 23.9 Å². The average molecular weight is 383 g/mol. The molecule has 0 radical (unpaired) electrons. The van der Waals surface area contributed by atoms with E-state index in [-0.39, 0.29) is 5.65 Å². The van der Waals surface area contributed by atoms with E-state index < -0.39 is 27.8 Å². The van der Waals surface area contributed by atoms with Crippen molar-refractivity contribution >= 4 is 37.1 Å². The van der Waals surface area contributed by atoms with Crippen LogP contribution >= 0.6 is 0 Å². The molecule has 2 aromatic heterocycles. The molecule has 1 unspecified atom stereocenters. The Morgan fingerprint density at radius 3 is 2.65 bits per heavy atom. The second-order valence-corrected chi connectivity index (χ2v) is 6.77. The van der Waals surface area contributed by atoms with Gasteiger partial charge in [0.2, 0.25) is 0 Å². The van der Waals surface area contributed by atoms with Crippen molar-refractivity contribution in [2.24, 2.45) is 0 Å². The fourth-order valence-corrected chi connectivity index (χ4v) is 3.52. The number of anilines is 1. The summed E-state index contributed by atoms with van der Waals surface area (Å²) < 4.78 is 41.1. The Hall–Kier alpha value is -2.08. The molecule has 3 aromatic rings. The monoisotopic (exact) mass is 383 g/mol. The van der Waals surface area contributed by atoms with Gasteiger partial charge in [0.15, 0.2) is 0 Å². The number of imidazole rings is 1. The molecule has 5 nitrogen and oxygen atoms in total. The standard InChI is InChI=1S/C14H13AsF3N5/c1-15-11-10-12(22-13(21-11)14(16,17)18)23(7-20-10)9-5-3-4-8(6-9)19-2/h3-7,15,19H,1-2H3. The summed E-state index contributed by atoms with van der Waals surface area (Å²) in [5.74, 6) is -1.11. The van der Waals surface area contributed by atoms with Crippen LogP contribution in [-0.4, -0.2) is 42.3 Å². The van der Waals surface area contributed by atoms with E-state index in [4.69, 9.17) is 0 Å². The van der Waals surface area contributed by atoms with Gasteiger partial charge in [-0.25, -0.2) is 0 Å². The van der Waals surface area contributed by atoms with Gasteiger partial charge in [-0.15, -0.1) is 0 Å². The van der Waals surface area contributed by atoms with Gasteiger partial charge in [0.25, 0.3) is 0 Å². The number of alkyl halides is 3. The SMILES string of the molecule is CNc1cccc(-n2cnc3c([AsH]C)nc(C(F)(F)F)nc32)c1. The first-order chi connectivity index (χ1) is 10.9. The number of rotatable bonds is 3. The van der Waals surface area contributed by atoms with Crippen molar-refractivity contribution in [1.29, 1.82) is 0 Å². The Labute approximate surface area is 136 Å². The maximum atomic E-state index is 13.0. The molecule has 0 aliphatic rings. The number of halogens is 3. The van der Waals surface area contributed by atoms with E-state index in [2.05, 4.69) is 20.3 Å². The van der Waals surface area contributed by atoms with Crippen molar-refractivity contribution in [3.63, 3.8) is 0 Å².